The summed E-state index contributed by atoms with van der Waals surface area (Å²) in [5, 5.41) is 15.7. The van der Waals surface area contributed by atoms with Gasteiger partial charge < -0.3 is 9.88 Å². The van der Waals surface area contributed by atoms with Crippen molar-refractivity contribution in [2.45, 2.75) is 12.1 Å². The molecule has 3 rings (SSSR count). The number of carbonyl (C=O) groups excluding carboxylic acids is 1. The average molecular weight is 366 g/mol. The minimum Gasteiger partial charge on any atom is -0.320 e. The molecule has 0 spiro atoms. The zero-order valence-corrected chi connectivity index (χ0v) is 15.2. The van der Waals surface area contributed by atoms with Crippen LogP contribution in [0.15, 0.2) is 71.2 Å². The Balaban J connectivity index is 1.80. The minimum absolute atomic E-state index is 0.227. The van der Waals surface area contributed by atoms with Crippen LogP contribution in [0.2, 0.25) is 0 Å². The predicted octanol–water partition coefficient (Wildman–Crippen LogP) is 3.28. The Hall–Kier alpha value is -3.13. The van der Waals surface area contributed by atoms with Gasteiger partial charge in [0.2, 0.25) is 0 Å². The first-order valence-corrected chi connectivity index (χ1v) is 8.72. The van der Waals surface area contributed by atoms with Gasteiger partial charge in [-0.3, -0.25) is 10.2 Å². The van der Waals surface area contributed by atoms with Crippen molar-refractivity contribution in [1.82, 2.24) is 14.8 Å². The molecule has 0 fully saturated rings. The normalized spacial score (nSPS) is 11.2. The molecule has 0 aliphatic rings. The lowest BCUT2D eigenvalue weighted by Crippen LogP contribution is -2.22. The molecule has 3 aromatic rings. The number of aryl methyl sites for hydroxylation is 2. The maximum absolute atomic E-state index is 12.7. The second-order valence-electron chi connectivity index (χ2n) is 5.54. The lowest BCUT2D eigenvalue weighted by molar-refractivity contribution is -0.110. The number of nitrogens with zero attached hydrogens (tertiary/aromatic N) is 4. The summed E-state index contributed by atoms with van der Waals surface area (Å²) in [6.45, 7) is 2.01. The first kappa shape index (κ1) is 17.7. The lowest BCUT2D eigenvalue weighted by atomic mass is 10.2. The molecule has 0 bridgehead atoms. The van der Waals surface area contributed by atoms with E-state index in [2.05, 4.69) is 26.0 Å². The van der Waals surface area contributed by atoms with Crippen molar-refractivity contribution in [3.8, 4) is 0 Å². The van der Waals surface area contributed by atoms with Crippen LogP contribution in [0.1, 0.15) is 5.56 Å². The van der Waals surface area contributed by atoms with Gasteiger partial charge in [0, 0.05) is 12.7 Å². The van der Waals surface area contributed by atoms with Gasteiger partial charge in [0.15, 0.2) is 10.2 Å². The molecule has 8 heteroatoms. The van der Waals surface area contributed by atoms with E-state index in [1.165, 1.54) is 0 Å². The van der Waals surface area contributed by atoms with Crippen LogP contribution in [0.25, 0.3) is 0 Å². The standard InChI is InChI=1S/C18H18N6OS/c1-13-8-10-15(11-9-13)21-22-17(26-18-23-19-12-24(18)2)16(25)20-14-6-4-3-5-7-14/h3-12,21H,1-2H3,(H,20,25). The van der Waals surface area contributed by atoms with Gasteiger partial charge in [-0.1, -0.05) is 35.9 Å². The summed E-state index contributed by atoms with van der Waals surface area (Å²) < 4.78 is 1.72. The molecule has 0 unspecified atom stereocenters. The van der Waals surface area contributed by atoms with E-state index in [9.17, 15) is 4.79 Å². The van der Waals surface area contributed by atoms with E-state index in [1.54, 1.807) is 10.9 Å². The number of rotatable bonds is 4. The number of hydrogen-bond donors (Lipinski definition) is 2. The van der Waals surface area contributed by atoms with Gasteiger partial charge in [-0.2, -0.15) is 5.10 Å². The maximum atomic E-state index is 12.7. The molecule has 0 aliphatic carbocycles. The topological polar surface area (TPSA) is 84.2 Å². The third-order valence-corrected chi connectivity index (χ3v) is 4.44. The highest BCUT2D eigenvalue weighted by atomic mass is 32.2. The zero-order chi connectivity index (χ0) is 18.4. The van der Waals surface area contributed by atoms with E-state index in [4.69, 9.17) is 0 Å². The first-order valence-electron chi connectivity index (χ1n) is 7.90. The number of amides is 1. The molecular weight excluding hydrogens is 348 g/mol. The number of hydrazone groups is 1. The van der Waals surface area contributed by atoms with Crippen molar-refractivity contribution in [3.05, 3.63) is 66.5 Å². The monoisotopic (exact) mass is 366 g/mol. The largest absolute Gasteiger partial charge is 0.320 e. The molecule has 132 valence electrons. The highest BCUT2D eigenvalue weighted by Gasteiger charge is 2.17. The Morgan fingerprint density at radius 3 is 2.46 bits per heavy atom. The molecule has 2 aromatic carbocycles. The highest BCUT2D eigenvalue weighted by molar-refractivity contribution is 8.15. The number of hydrogen-bond acceptors (Lipinski definition) is 6. The molecule has 0 atom stereocenters. The van der Waals surface area contributed by atoms with E-state index < -0.39 is 0 Å². The van der Waals surface area contributed by atoms with Crippen LogP contribution >= 0.6 is 11.8 Å². The molecule has 0 aliphatic heterocycles. The molecule has 1 aromatic heterocycles. The summed E-state index contributed by atoms with van der Waals surface area (Å²) in [6, 6.07) is 17.0. The third kappa shape index (κ3) is 4.70. The number of aromatic nitrogens is 3. The number of thioether (sulfide) groups is 1. The SMILES string of the molecule is Cc1ccc(NN=C(Sc2nncn2C)C(=O)Nc2ccccc2)cc1. The van der Waals surface area contributed by atoms with Crippen LogP contribution in [0.4, 0.5) is 11.4 Å². The Morgan fingerprint density at radius 2 is 1.81 bits per heavy atom. The first-order chi connectivity index (χ1) is 12.6. The van der Waals surface area contributed by atoms with Gasteiger partial charge in [0.1, 0.15) is 6.33 Å². The van der Waals surface area contributed by atoms with Gasteiger partial charge in [-0.25, -0.2) is 0 Å². The molecule has 26 heavy (non-hydrogen) atoms. The van der Waals surface area contributed by atoms with E-state index in [1.807, 2.05) is 68.6 Å². The number of benzene rings is 2. The fraction of sp³-hybridized carbons (Fsp3) is 0.111. The fourth-order valence-corrected chi connectivity index (χ4v) is 2.71. The molecule has 1 heterocycles. The van der Waals surface area contributed by atoms with Gasteiger partial charge in [0.05, 0.1) is 5.69 Å². The lowest BCUT2D eigenvalue weighted by Gasteiger charge is -2.08. The van der Waals surface area contributed by atoms with Gasteiger partial charge in [-0.05, 0) is 43.0 Å². The molecule has 0 radical (unpaired) electrons. The van der Waals surface area contributed by atoms with Crippen LogP contribution in [0, 0.1) is 6.92 Å². The highest BCUT2D eigenvalue weighted by Crippen LogP contribution is 2.18. The summed E-state index contributed by atoms with van der Waals surface area (Å²) in [5.41, 5.74) is 5.55. The van der Waals surface area contributed by atoms with Crippen molar-refractivity contribution in [1.29, 1.82) is 0 Å². The van der Waals surface area contributed by atoms with Crippen LogP contribution < -0.4 is 10.7 Å². The Morgan fingerprint density at radius 1 is 1.08 bits per heavy atom. The van der Waals surface area contributed by atoms with Gasteiger partial charge >= 0.3 is 0 Å². The molecule has 2 N–H and O–H groups in total. The van der Waals surface area contributed by atoms with Crippen LogP contribution in [0.5, 0.6) is 0 Å². The summed E-state index contributed by atoms with van der Waals surface area (Å²) in [6.07, 6.45) is 1.57. The van der Waals surface area contributed by atoms with Crippen molar-refractivity contribution >= 4 is 34.1 Å². The molecule has 1 amide bonds. The minimum atomic E-state index is -0.330. The number of para-hydroxylation sites is 1. The van der Waals surface area contributed by atoms with Crippen molar-refractivity contribution in [2.75, 3.05) is 10.7 Å². The second-order valence-corrected chi connectivity index (χ2v) is 6.50. The van der Waals surface area contributed by atoms with E-state index >= 15 is 0 Å². The van der Waals surface area contributed by atoms with E-state index in [-0.39, 0.29) is 11.0 Å². The van der Waals surface area contributed by atoms with E-state index in [0.717, 1.165) is 23.0 Å². The summed E-state index contributed by atoms with van der Waals surface area (Å²) in [5.74, 6) is -0.330. The van der Waals surface area contributed by atoms with Gasteiger partial charge in [0.25, 0.3) is 5.91 Å². The molecule has 0 saturated heterocycles. The number of anilines is 2. The van der Waals surface area contributed by atoms with Crippen molar-refractivity contribution in [3.63, 3.8) is 0 Å². The smallest absolute Gasteiger partial charge is 0.283 e. The van der Waals surface area contributed by atoms with E-state index in [0.29, 0.717) is 10.8 Å². The van der Waals surface area contributed by atoms with Crippen LogP contribution in [-0.2, 0) is 11.8 Å². The number of carbonyl (C=O) groups is 1. The second kappa shape index (κ2) is 8.30. The summed E-state index contributed by atoms with van der Waals surface area (Å²) in [4.78, 5) is 12.7. The Bertz CT molecular complexity index is 905. The van der Waals surface area contributed by atoms with Crippen molar-refractivity contribution < 1.29 is 4.79 Å². The van der Waals surface area contributed by atoms with Gasteiger partial charge in [-0.15, -0.1) is 10.2 Å². The summed E-state index contributed by atoms with van der Waals surface area (Å²) >= 11 is 1.14. The summed E-state index contributed by atoms with van der Waals surface area (Å²) in [7, 11) is 1.81. The van der Waals surface area contributed by atoms with Crippen LogP contribution in [-0.4, -0.2) is 25.7 Å². The quantitative estimate of drug-likeness (QED) is 0.320. The molecule has 7 nitrogen and oxygen atoms in total. The molecular formula is C18H18N6OS. The van der Waals surface area contributed by atoms with Crippen molar-refractivity contribution in [2.24, 2.45) is 12.1 Å². The fourth-order valence-electron chi connectivity index (χ4n) is 2.02. The molecule has 0 saturated carbocycles. The third-order valence-electron chi connectivity index (χ3n) is 3.42. The maximum Gasteiger partial charge on any atom is 0.283 e. The predicted molar refractivity (Wildman–Crippen MR) is 104 cm³/mol. The Labute approximate surface area is 155 Å². The number of nitrogens with one attached hydrogen (secondary N) is 2. The Kier molecular flexibility index (Phi) is 5.65. The average Bonchev–Trinajstić information content (AvgIpc) is 3.05. The van der Waals surface area contributed by atoms with Crippen LogP contribution in [0.3, 0.4) is 0 Å². The zero-order valence-electron chi connectivity index (χ0n) is 14.4.